The van der Waals surface area contributed by atoms with Crippen LogP contribution in [-0.2, 0) is 11.2 Å². The highest BCUT2D eigenvalue weighted by atomic mass is 16.5. The molecular weight excluding hydrogens is 200 g/mol. The molecule has 1 fully saturated rings. The first-order valence-electron chi connectivity index (χ1n) is 5.99. The van der Waals surface area contributed by atoms with E-state index in [1.54, 1.807) is 0 Å². The van der Waals surface area contributed by atoms with E-state index < -0.39 is 0 Å². The minimum atomic E-state index is -0.261. The number of aliphatic hydroxyl groups is 1. The lowest BCUT2D eigenvalue weighted by molar-refractivity contribution is 0.0917. The lowest BCUT2D eigenvalue weighted by Gasteiger charge is -2.17. The van der Waals surface area contributed by atoms with Gasteiger partial charge in [-0.1, -0.05) is 23.8 Å². The van der Waals surface area contributed by atoms with Crippen LogP contribution in [0.25, 0.3) is 0 Å². The van der Waals surface area contributed by atoms with Gasteiger partial charge in [-0.3, -0.25) is 0 Å². The summed E-state index contributed by atoms with van der Waals surface area (Å²) in [7, 11) is 0. The van der Waals surface area contributed by atoms with E-state index in [-0.39, 0.29) is 6.10 Å². The maximum absolute atomic E-state index is 10.1. The van der Waals surface area contributed by atoms with Crippen LogP contribution in [0.15, 0.2) is 18.2 Å². The Morgan fingerprint density at radius 3 is 2.94 bits per heavy atom. The smallest absolute Gasteiger partial charge is 0.0631 e. The molecule has 2 heteroatoms. The van der Waals surface area contributed by atoms with Crippen molar-refractivity contribution in [3.63, 3.8) is 0 Å². The largest absolute Gasteiger partial charge is 0.392 e. The molecule has 0 aliphatic carbocycles. The van der Waals surface area contributed by atoms with Gasteiger partial charge in [0.15, 0.2) is 0 Å². The van der Waals surface area contributed by atoms with Crippen molar-refractivity contribution in [2.24, 2.45) is 5.92 Å². The Balaban J connectivity index is 2.04. The summed E-state index contributed by atoms with van der Waals surface area (Å²) < 4.78 is 5.31. The molecule has 1 aromatic carbocycles. The zero-order chi connectivity index (χ0) is 11.5. The summed E-state index contributed by atoms with van der Waals surface area (Å²) in [5, 5.41) is 10.1. The third-order valence-corrected chi connectivity index (χ3v) is 3.44. The Morgan fingerprint density at radius 2 is 2.25 bits per heavy atom. The number of aliphatic hydroxyl groups excluding tert-OH is 1. The van der Waals surface area contributed by atoms with E-state index in [2.05, 4.69) is 32.0 Å². The van der Waals surface area contributed by atoms with Gasteiger partial charge in [0.1, 0.15) is 0 Å². The summed E-state index contributed by atoms with van der Waals surface area (Å²) in [5.41, 5.74) is 3.79. The van der Waals surface area contributed by atoms with Crippen LogP contribution in [0.4, 0.5) is 0 Å². The average Bonchev–Trinajstić information content (AvgIpc) is 2.76. The van der Waals surface area contributed by atoms with Crippen molar-refractivity contribution >= 4 is 0 Å². The second-order valence-corrected chi connectivity index (χ2v) is 4.83. The molecule has 1 aliphatic rings. The minimum Gasteiger partial charge on any atom is -0.392 e. The molecule has 16 heavy (non-hydrogen) atoms. The van der Waals surface area contributed by atoms with Gasteiger partial charge in [0, 0.05) is 12.5 Å². The van der Waals surface area contributed by atoms with Crippen molar-refractivity contribution in [2.45, 2.75) is 32.8 Å². The van der Waals surface area contributed by atoms with E-state index in [0.29, 0.717) is 12.5 Å². The molecule has 1 N–H and O–H groups in total. The van der Waals surface area contributed by atoms with Crippen LogP contribution in [0.1, 0.15) is 23.1 Å². The molecule has 2 unspecified atom stereocenters. The minimum absolute atomic E-state index is 0.261. The normalized spacial score (nSPS) is 22.3. The fourth-order valence-corrected chi connectivity index (χ4v) is 2.27. The van der Waals surface area contributed by atoms with Crippen molar-refractivity contribution in [3.8, 4) is 0 Å². The molecule has 2 rings (SSSR count). The van der Waals surface area contributed by atoms with Crippen molar-refractivity contribution in [1.82, 2.24) is 0 Å². The third-order valence-electron chi connectivity index (χ3n) is 3.44. The van der Waals surface area contributed by atoms with E-state index >= 15 is 0 Å². The summed E-state index contributed by atoms with van der Waals surface area (Å²) in [6.07, 6.45) is 1.48. The Labute approximate surface area is 97.3 Å². The molecule has 1 saturated heterocycles. The Hall–Kier alpha value is -0.860. The summed E-state index contributed by atoms with van der Waals surface area (Å²) in [6.45, 7) is 5.71. The van der Waals surface area contributed by atoms with Crippen LogP contribution in [-0.4, -0.2) is 24.4 Å². The highest BCUT2D eigenvalue weighted by Crippen LogP contribution is 2.21. The molecule has 0 spiro atoms. The maximum atomic E-state index is 10.1. The summed E-state index contributed by atoms with van der Waals surface area (Å²) in [5.74, 6) is 0.319. The van der Waals surface area contributed by atoms with Crippen molar-refractivity contribution in [3.05, 3.63) is 34.9 Å². The van der Waals surface area contributed by atoms with Gasteiger partial charge in [0.25, 0.3) is 0 Å². The van der Waals surface area contributed by atoms with Gasteiger partial charge in [-0.05, 0) is 37.8 Å². The number of aryl methyl sites for hydroxylation is 2. The number of hydrogen-bond donors (Lipinski definition) is 1. The highest BCUT2D eigenvalue weighted by molar-refractivity contribution is 5.31. The van der Waals surface area contributed by atoms with Gasteiger partial charge < -0.3 is 9.84 Å². The number of rotatable bonds is 3. The van der Waals surface area contributed by atoms with Crippen LogP contribution in [0, 0.1) is 19.8 Å². The molecule has 1 aromatic rings. The zero-order valence-corrected chi connectivity index (χ0v) is 10.1. The van der Waals surface area contributed by atoms with E-state index in [1.807, 2.05) is 0 Å². The van der Waals surface area contributed by atoms with Gasteiger partial charge >= 0.3 is 0 Å². The lowest BCUT2D eigenvalue weighted by atomic mass is 9.93. The average molecular weight is 220 g/mol. The fourth-order valence-electron chi connectivity index (χ4n) is 2.27. The standard InChI is InChI=1S/C14H20O2/c1-10-3-4-11(2)13(7-10)8-14(15)12-5-6-16-9-12/h3-4,7,12,14-15H,5-6,8-9H2,1-2H3. The molecule has 2 atom stereocenters. The first-order chi connectivity index (χ1) is 7.66. The molecular formula is C14H20O2. The van der Waals surface area contributed by atoms with Gasteiger partial charge in [0.2, 0.25) is 0 Å². The Bertz CT molecular complexity index is 354. The summed E-state index contributed by atoms with van der Waals surface area (Å²) in [6, 6.07) is 6.42. The molecule has 88 valence electrons. The first-order valence-corrected chi connectivity index (χ1v) is 5.99. The third kappa shape index (κ3) is 2.63. The first kappa shape index (κ1) is 11.6. The summed E-state index contributed by atoms with van der Waals surface area (Å²) >= 11 is 0. The van der Waals surface area contributed by atoms with Gasteiger partial charge in [0.05, 0.1) is 12.7 Å². The van der Waals surface area contributed by atoms with Crippen LogP contribution >= 0.6 is 0 Å². The van der Waals surface area contributed by atoms with Gasteiger partial charge in [-0.25, -0.2) is 0 Å². The lowest BCUT2D eigenvalue weighted by Crippen LogP contribution is -2.23. The predicted octanol–water partition coefficient (Wildman–Crippen LogP) is 2.24. The fraction of sp³-hybridized carbons (Fsp3) is 0.571. The van der Waals surface area contributed by atoms with Crippen LogP contribution in [0.3, 0.4) is 0 Å². The van der Waals surface area contributed by atoms with Gasteiger partial charge in [-0.15, -0.1) is 0 Å². The van der Waals surface area contributed by atoms with E-state index in [1.165, 1.54) is 16.7 Å². The van der Waals surface area contributed by atoms with Crippen LogP contribution < -0.4 is 0 Å². The van der Waals surface area contributed by atoms with Crippen molar-refractivity contribution in [1.29, 1.82) is 0 Å². The zero-order valence-electron chi connectivity index (χ0n) is 10.1. The number of ether oxygens (including phenoxy) is 1. The van der Waals surface area contributed by atoms with Crippen molar-refractivity contribution in [2.75, 3.05) is 13.2 Å². The highest BCUT2D eigenvalue weighted by Gasteiger charge is 2.24. The predicted molar refractivity (Wildman–Crippen MR) is 64.6 cm³/mol. The Morgan fingerprint density at radius 1 is 1.44 bits per heavy atom. The molecule has 0 saturated carbocycles. The molecule has 1 heterocycles. The quantitative estimate of drug-likeness (QED) is 0.846. The second-order valence-electron chi connectivity index (χ2n) is 4.83. The SMILES string of the molecule is Cc1ccc(C)c(CC(O)C2CCOC2)c1. The van der Waals surface area contributed by atoms with E-state index in [4.69, 9.17) is 4.74 Å². The Kier molecular flexibility index (Phi) is 3.62. The molecule has 2 nitrogen and oxygen atoms in total. The molecule has 0 bridgehead atoms. The van der Waals surface area contributed by atoms with Crippen molar-refractivity contribution < 1.29 is 9.84 Å². The van der Waals surface area contributed by atoms with Crippen LogP contribution in [0.5, 0.6) is 0 Å². The summed E-state index contributed by atoms with van der Waals surface area (Å²) in [4.78, 5) is 0. The monoisotopic (exact) mass is 220 g/mol. The maximum Gasteiger partial charge on any atom is 0.0631 e. The topological polar surface area (TPSA) is 29.5 Å². The molecule has 0 amide bonds. The second kappa shape index (κ2) is 4.98. The number of hydrogen-bond acceptors (Lipinski definition) is 2. The van der Waals surface area contributed by atoms with Crippen LogP contribution in [0.2, 0.25) is 0 Å². The molecule has 0 radical (unpaired) electrons. The van der Waals surface area contributed by atoms with E-state index in [9.17, 15) is 5.11 Å². The molecule has 0 aromatic heterocycles. The van der Waals surface area contributed by atoms with E-state index in [0.717, 1.165) is 19.4 Å². The number of benzene rings is 1. The molecule has 1 aliphatic heterocycles. The van der Waals surface area contributed by atoms with Gasteiger partial charge in [-0.2, -0.15) is 0 Å².